The number of esters is 1. The van der Waals surface area contributed by atoms with Crippen LogP contribution in [0.2, 0.25) is 0 Å². The van der Waals surface area contributed by atoms with Crippen molar-refractivity contribution in [2.75, 3.05) is 0 Å². The molecule has 2 atom stereocenters. The SMILES string of the molecule is CCC(Br)C(=O)OC(C)Br. The van der Waals surface area contributed by atoms with E-state index in [4.69, 9.17) is 4.74 Å². The summed E-state index contributed by atoms with van der Waals surface area (Å²) in [7, 11) is 0. The monoisotopic (exact) mass is 272 g/mol. The summed E-state index contributed by atoms with van der Waals surface area (Å²) < 4.78 is 4.83. The smallest absolute Gasteiger partial charge is 0.320 e. The highest BCUT2D eigenvalue weighted by Crippen LogP contribution is 2.10. The first kappa shape index (κ1) is 10.4. The Labute approximate surface area is 77.6 Å². The first-order chi connectivity index (χ1) is 4.57. The van der Waals surface area contributed by atoms with E-state index in [0.717, 1.165) is 6.42 Å². The van der Waals surface area contributed by atoms with Gasteiger partial charge in [0.1, 0.15) is 4.83 Å². The number of ether oxygens (including phenoxy) is 1. The molecule has 0 spiro atoms. The van der Waals surface area contributed by atoms with Crippen LogP contribution in [0, 0.1) is 0 Å². The van der Waals surface area contributed by atoms with E-state index in [9.17, 15) is 4.79 Å². The average molecular weight is 274 g/mol. The van der Waals surface area contributed by atoms with Crippen LogP contribution in [0.5, 0.6) is 0 Å². The molecule has 0 N–H and O–H groups in total. The van der Waals surface area contributed by atoms with Crippen molar-refractivity contribution in [3.63, 3.8) is 0 Å². The third-order valence-corrected chi connectivity index (χ3v) is 2.10. The normalized spacial score (nSPS) is 16.0. The van der Waals surface area contributed by atoms with E-state index < -0.39 is 0 Å². The van der Waals surface area contributed by atoms with Gasteiger partial charge in [0, 0.05) is 0 Å². The second-order valence-electron chi connectivity index (χ2n) is 1.86. The minimum absolute atomic E-state index is 0.174. The van der Waals surface area contributed by atoms with Crippen molar-refractivity contribution >= 4 is 37.8 Å². The largest absolute Gasteiger partial charge is 0.450 e. The maximum absolute atomic E-state index is 10.9. The minimum Gasteiger partial charge on any atom is -0.450 e. The Hall–Kier alpha value is 0.430. The van der Waals surface area contributed by atoms with Gasteiger partial charge in [-0.25, -0.2) is 0 Å². The predicted octanol–water partition coefficient (Wildman–Crippen LogP) is 2.44. The van der Waals surface area contributed by atoms with E-state index in [2.05, 4.69) is 31.9 Å². The maximum atomic E-state index is 10.9. The number of carbonyl (C=O) groups excluding carboxylic acids is 1. The van der Waals surface area contributed by atoms with Crippen LogP contribution in [0.15, 0.2) is 0 Å². The molecule has 0 aliphatic carbocycles. The zero-order chi connectivity index (χ0) is 8.15. The number of rotatable bonds is 3. The van der Waals surface area contributed by atoms with Crippen molar-refractivity contribution in [3.8, 4) is 0 Å². The van der Waals surface area contributed by atoms with Crippen molar-refractivity contribution in [3.05, 3.63) is 0 Å². The van der Waals surface area contributed by atoms with Crippen LogP contribution in [-0.4, -0.2) is 15.8 Å². The van der Waals surface area contributed by atoms with Gasteiger partial charge in [0.2, 0.25) is 0 Å². The molecule has 0 aromatic heterocycles. The van der Waals surface area contributed by atoms with Crippen molar-refractivity contribution in [2.45, 2.75) is 30.1 Å². The number of alkyl halides is 2. The standard InChI is InChI=1S/C6H10Br2O2/c1-3-5(8)6(9)10-4(2)7/h4-5H,3H2,1-2H3. The van der Waals surface area contributed by atoms with E-state index in [1.165, 1.54) is 0 Å². The van der Waals surface area contributed by atoms with Gasteiger partial charge in [-0.05, 0) is 29.3 Å². The summed E-state index contributed by atoms with van der Waals surface area (Å²) >= 11 is 6.28. The van der Waals surface area contributed by atoms with Crippen LogP contribution in [-0.2, 0) is 9.53 Å². The zero-order valence-corrected chi connectivity index (χ0v) is 9.11. The van der Waals surface area contributed by atoms with Gasteiger partial charge in [-0.1, -0.05) is 22.9 Å². The lowest BCUT2D eigenvalue weighted by molar-refractivity contribution is -0.143. The molecule has 0 radical (unpaired) electrons. The van der Waals surface area contributed by atoms with E-state index in [1.54, 1.807) is 6.92 Å². The Morgan fingerprint density at radius 2 is 2.10 bits per heavy atom. The first-order valence-electron chi connectivity index (χ1n) is 3.06. The molecule has 0 fully saturated rings. The Kier molecular flexibility index (Phi) is 5.35. The highest BCUT2D eigenvalue weighted by Gasteiger charge is 2.14. The molecule has 10 heavy (non-hydrogen) atoms. The minimum atomic E-state index is -0.216. The van der Waals surface area contributed by atoms with Gasteiger partial charge in [0.15, 0.2) is 5.01 Å². The fourth-order valence-electron chi connectivity index (χ4n) is 0.401. The number of hydrogen-bond donors (Lipinski definition) is 0. The molecule has 0 heterocycles. The molecular formula is C6H10Br2O2. The van der Waals surface area contributed by atoms with Crippen LogP contribution >= 0.6 is 31.9 Å². The Balaban J connectivity index is 3.62. The summed E-state index contributed by atoms with van der Waals surface area (Å²) in [4.78, 5) is 10.7. The second kappa shape index (κ2) is 5.13. The number of halogens is 2. The highest BCUT2D eigenvalue weighted by molar-refractivity contribution is 9.10. The first-order valence-corrected chi connectivity index (χ1v) is 4.89. The molecule has 60 valence electrons. The van der Waals surface area contributed by atoms with E-state index in [1.807, 2.05) is 6.92 Å². The van der Waals surface area contributed by atoms with E-state index in [0.29, 0.717) is 0 Å². The van der Waals surface area contributed by atoms with Crippen molar-refractivity contribution in [1.82, 2.24) is 0 Å². The molecule has 0 aromatic carbocycles. The molecule has 2 nitrogen and oxygen atoms in total. The second-order valence-corrected chi connectivity index (χ2v) is 4.25. The molecule has 0 saturated heterocycles. The van der Waals surface area contributed by atoms with Crippen molar-refractivity contribution in [2.24, 2.45) is 0 Å². The van der Waals surface area contributed by atoms with Gasteiger partial charge < -0.3 is 4.74 Å². The molecule has 0 bridgehead atoms. The van der Waals surface area contributed by atoms with Crippen molar-refractivity contribution < 1.29 is 9.53 Å². The third-order valence-electron chi connectivity index (χ3n) is 0.893. The molecule has 0 amide bonds. The summed E-state index contributed by atoms with van der Waals surface area (Å²) in [5.74, 6) is -0.216. The van der Waals surface area contributed by atoms with Crippen LogP contribution in [0.25, 0.3) is 0 Å². The van der Waals surface area contributed by atoms with Gasteiger partial charge in [0.05, 0.1) is 0 Å². The fraction of sp³-hybridized carbons (Fsp3) is 0.833. The zero-order valence-electron chi connectivity index (χ0n) is 5.93. The van der Waals surface area contributed by atoms with Gasteiger partial charge in [-0.2, -0.15) is 0 Å². The maximum Gasteiger partial charge on any atom is 0.320 e. The van der Waals surface area contributed by atoms with Gasteiger partial charge in [-0.3, -0.25) is 4.79 Å². The lowest BCUT2D eigenvalue weighted by Gasteiger charge is -2.08. The molecule has 0 aliphatic heterocycles. The lowest BCUT2D eigenvalue weighted by atomic mass is 10.3. The quantitative estimate of drug-likeness (QED) is 0.583. The van der Waals surface area contributed by atoms with Crippen LogP contribution in [0.1, 0.15) is 20.3 Å². The molecule has 0 rings (SSSR count). The summed E-state index contributed by atoms with van der Waals surface area (Å²) in [6.07, 6.45) is 0.749. The van der Waals surface area contributed by atoms with Gasteiger partial charge >= 0.3 is 5.97 Å². The predicted molar refractivity (Wildman–Crippen MR) is 47.5 cm³/mol. The average Bonchev–Trinajstić information content (AvgIpc) is 1.85. The summed E-state index contributed by atoms with van der Waals surface area (Å²) in [5, 5.41) is -0.202. The molecule has 0 aliphatic rings. The third kappa shape index (κ3) is 4.28. The Morgan fingerprint density at radius 3 is 2.40 bits per heavy atom. The lowest BCUT2D eigenvalue weighted by Crippen LogP contribution is -2.18. The van der Waals surface area contributed by atoms with Crippen LogP contribution in [0.3, 0.4) is 0 Å². The molecule has 4 heteroatoms. The fourth-order valence-corrected chi connectivity index (χ4v) is 0.693. The Morgan fingerprint density at radius 1 is 1.60 bits per heavy atom. The van der Waals surface area contributed by atoms with Crippen molar-refractivity contribution in [1.29, 1.82) is 0 Å². The van der Waals surface area contributed by atoms with Gasteiger partial charge in [-0.15, -0.1) is 0 Å². The van der Waals surface area contributed by atoms with E-state index >= 15 is 0 Å². The summed E-state index contributed by atoms with van der Waals surface area (Å²) in [6, 6.07) is 0. The topological polar surface area (TPSA) is 26.3 Å². The van der Waals surface area contributed by atoms with Gasteiger partial charge in [0.25, 0.3) is 0 Å². The highest BCUT2D eigenvalue weighted by atomic mass is 79.9. The summed E-state index contributed by atoms with van der Waals surface area (Å²) in [5.41, 5.74) is 0. The summed E-state index contributed by atoms with van der Waals surface area (Å²) in [6.45, 7) is 3.67. The number of hydrogen-bond acceptors (Lipinski definition) is 2. The Bertz CT molecular complexity index is 114. The molecule has 2 unspecified atom stereocenters. The van der Waals surface area contributed by atoms with E-state index in [-0.39, 0.29) is 15.8 Å². The van der Waals surface area contributed by atoms with Crippen LogP contribution < -0.4 is 0 Å². The van der Waals surface area contributed by atoms with Crippen LogP contribution in [0.4, 0.5) is 0 Å². The molecule has 0 aromatic rings. The molecular weight excluding hydrogens is 264 g/mol. The molecule has 0 saturated carbocycles. The number of carbonyl (C=O) groups is 1.